The molecule has 2 unspecified atom stereocenters. The molecule has 1 aliphatic carbocycles. The summed E-state index contributed by atoms with van der Waals surface area (Å²) < 4.78 is 0. The fourth-order valence-electron chi connectivity index (χ4n) is 3.13. The molecule has 1 aromatic rings. The van der Waals surface area contributed by atoms with Gasteiger partial charge in [-0.3, -0.25) is 4.90 Å². The molecular formula is C16H24BrN. The average molecular weight is 310 g/mol. The molecule has 2 heteroatoms. The van der Waals surface area contributed by atoms with E-state index in [2.05, 4.69) is 59.9 Å². The third kappa shape index (κ3) is 3.58. The minimum atomic E-state index is 0.669. The van der Waals surface area contributed by atoms with Crippen LogP contribution in [0.5, 0.6) is 0 Å². The molecule has 2 rings (SSSR count). The third-order valence-electron chi connectivity index (χ3n) is 3.93. The summed E-state index contributed by atoms with van der Waals surface area (Å²) in [5, 5.41) is 0. The normalized spacial score (nSPS) is 24.5. The van der Waals surface area contributed by atoms with Gasteiger partial charge in [0.1, 0.15) is 0 Å². The van der Waals surface area contributed by atoms with Gasteiger partial charge >= 0.3 is 0 Å². The van der Waals surface area contributed by atoms with E-state index >= 15 is 0 Å². The van der Waals surface area contributed by atoms with Gasteiger partial charge in [-0.2, -0.15) is 0 Å². The van der Waals surface area contributed by atoms with Gasteiger partial charge in [-0.25, -0.2) is 0 Å². The third-order valence-corrected chi connectivity index (χ3v) is 4.99. The summed E-state index contributed by atoms with van der Waals surface area (Å²) in [6.07, 6.45) is 5.41. The first kappa shape index (κ1) is 14.1. The van der Waals surface area contributed by atoms with Crippen molar-refractivity contribution in [2.24, 2.45) is 0 Å². The monoisotopic (exact) mass is 309 g/mol. The molecule has 18 heavy (non-hydrogen) atoms. The topological polar surface area (TPSA) is 3.24 Å². The molecule has 0 saturated heterocycles. The molecule has 1 saturated carbocycles. The van der Waals surface area contributed by atoms with Crippen LogP contribution in [0.1, 0.15) is 42.4 Å². The van der Waals surface area contributed by atoms with Gasteiger partial charge in [0.15, 0.2) is 0 Å². The number of benzene rings is 1. The van der Waals surface area contributed by atoms with Crippen LogP contribution in [0.2, 0.25) is 0 Å². The number of alkyl halides is 1. The zero-order valence-corrected chi connectivity index (χ0v) is 13.3. The predicted molar refractivity (Wildman–Crippen MR) is 82.4 cm³/mol. The summed E-state index contributed by atoms with van der Waals surface area (Å²) in [7, 11) is 2.27. The summed E-state index contributed by atoms with van der Waals surface area (Å²) in [5.74, 6) is 0. The minimum Gasteiger partial charge on any atom is -0.298 e. The summed E-state index contributed by atoms with van der Waals surface area (Å²) in [6, 6.07) is 7.57. The van der Waals surface area contributed by atoms with Gasteiger partial charge in [0.05, 0.1) is 0 Å². The zero-order chi connectivity index (χ0) is 13.1. The molecule has 1 nitrogen and oxygen atoms in total. The first-order valence-corrected chi connectivity index (χ1v) is 7.89. The highest BCUT2D eigenvalue weighted by molar-refractivity contribution is 9.09. The van der Waals surface area contributed by atoms with E-state index < -0.39 is 0 Å². The second-order valence-corrected chi connectivity index (χ2v) is 6.96. The lowest BCUT2D eigenvalue weighted by Crippen LogP contribution is -2.40. The Hall–Kier alpha value is -0.340. The second-order valence-electron chi connectivity index (χ2n) is 5.78. The smallest absolute Gasteiger partial charge is 0.0301 e. The van der Waals surface area contributed by atoms with Crippen molar-refractivity contribution in [2.75, 3.05) is 7.05 Å². The van der Waals surface area contributed by atoms with E-state index in [-0.39, 0.29) is 0 Å². The molecule has 1 aromatic carbocycles. The SMILES string of the molecule is Cc1cc(C)cc(CN(C)C2CCCCC2Br)c1. The summed E-state index contributed by atoms with van der Waals surface area (Å²) in [4.78, 5) is 3.19. The number of hydrogen-bond donors (Lipinski definition) is 0. The molecule has 0 amide bonds. The van der Waals surface area contributed by atoms with Crippen molar-refractivity contribution in [3.8, 4) is 0 Å². The number of aryl methyl sites for hydroxylation is 2. The number of halogens is 1. The molecule has 1 aliphatic rings. The molecule has 0 bridgehead atoms. The maximum Gasteiger partial charge on any atom is 0.0301 e. The summed E-state index contributed by atoms with van der Waals surface area (Å²) in [5.41, 5.74) is 4.19. The lowest BCUT2D eigenvalue weighted by atomic mass is 9.94. The molecule has 1 fully saturated rings. The van der Waals surface area contributed by atoms with Crippen molar-refractivity contribution in [1.29, 1.82) is 0 Å². The van der Waals surface area contributed by atoms with Gasteiger partial charge in [0.2, 0.25) is 0 Å². The van der Waals surface area contributed by atoms with Gasteiger partial charge < -0.3 is 0 Å². The fraction of sp³-hybridized carbons (Fsp3) is 0.625. The van der Waals surface area contributed by atoms with E-state index in [1.165, 1.54) is 42.4 Å². The van der Waals surface area contributed by atoms with E-state index in [1.807, 2.05) is 0 Å². The van der Waals surface area contributed by atoms with Crippen molar-refractivity contribution >= 4 is 15.9 Å². The summed E-state index contributed by atoms with van der Waals surface area (Å²) >= 11 is 3.86. The first-order chi connectivity index (χ1) is 8.56. The molecule has 0 spiro atoms. The largest absolute Gasteiger partial charge is 0.298 e. The molecule has 0 aliphatic heterocycles. The molecule has 0 heterocycles. The number of nitrogens with zero attached hydrogens (tertiary/aromatic N) is 1. The number of hydrogen-bond acceptors (Lipinski definition) is 1. The lowest BCUT2D eigenvalue weighted by molar-refractivity contribution is 0.193. The molecule has 2 atom stereocenters. The highest BCUT2D eigenvalue weighted by atomic mass is 79.9. The quantitative estimate of drug-likeness (QED) is 0.746. The van der Waals surface area contributed by atoms with Crippen LogP contribution in [0.25, 0.3) is 0 Å². The van der Waals surface area contributed by atoms with Gasteiger partial charge in [-0.1, -0.05) is 58.1 Å². The van der Waals surface area contributed by atoms with Crippen LogP contribution >= 0.6 is 15.9 Å². The van der Waals surface area contributed by atoms with E-state index in [4.69, 9.17) is 0 Å². The van der Waals surface area contributed by atoms with Crippen LogP contribution in [0.15, 0.2) is 18.2 Å². The van der Waals surface area contributed by atoms with Crippen LogP contribution in [0, 0.1) is 13.8 Å². The van der Waals surface area contributed by atoms with Crippen molar-refractivity contribution in [3.63, 3.8) is 0 Å². The Kier molecular flexibility index (Phi) is 4.85. The maximum absolute atomic E-state index is 3.86. The van der Waals surface area contributed by atoms with Crippen LogP contribution in [-0.2, 0) is 6.54 Å². The zero-order valence-electron chi connectivity index (χ0n) is 11.7. The van der Waals surface area contributed by atoms with Gasteiger partial charge in [0.25, 0.3) is 0 Å². The Morgan fingerprint density at radius 2 is 1.72 bits per heavy atom. The Bertz CT molecular complexity index is 382. The Morgan fingerprint density at radius 1 is 1.11 bits per heavy atom. The second kappa shape index (κ2) is 6.21. The lowest BCUT2D eigenvalue weighted by Gasteiger charge is -2.35. The molecule has 100 valence electrons. The number of rotatable bonds is 3. The standard InChI is InChI=1S/C16H24BrN/c1-12-8-13(2)10-14(9-12)11-18(3)16-7-5-4-6-15(16)17/h8-10,15-16H,4-7,11H2,1-3H3. The van der Waals surface area contributed by atoms with Crippen LogP contribution < -0.4 is 0 Å². The van der Waals surface area contributed by atoms with E-state index in [0.29, 0.717) is 10.9 Å². The van der Waals surface area contributed by atoms with Crippen molar-refractivity contribution in [2.45, 2.75) is 56.9 Å². The molecule has 0 aromatic heterocycles. The van der Waals surface area contributed by atoms with Crippen molar-refractivity contribution in [3.05, 3.63) is 34.9 Å². The fourth-order valence-corrected chi connectivity index (χ4v) is 4.12. The average Bonchev–Trinajstić information content (AvgIpc) is 2.27. The maximum atomic E-state index is 3.86. The predicted octanol–water partition coefficient (Wildman–Crippen LogP) is 4.44. The van der Waals surface area contributed by atoms with Crippen LogP contribution in [0.4, 0.5) is 0 Å². The Labute approximate surface area is 120 Å². The van der Waals surface area contributed by atoms with E-state index in [0.717, 1.165) is 6.54 Å². The van der Waals surface area contributed by atoms with Crippen molar-refractivity contribution < 1.29 is 0 Å². The Balaban J connectivity index is 2.03. The molecule has 0 N–H and O–H groups in total. The minimum absolute atomic E-state index is 0.669. The van der Waals surface area contributed by atoms with E-state index in [1.54, 1.807) is 0 Å². The van der Waals surface area contributed by atoms with Crippen molar-refractivity contribution in [1.82, 2.24) is 4.90 Å². The van der Waals surface area contributed by atoms with Gasteiger partial charge in [-0.05, 0) is 39.3 Å². The van der Waals surface area contributed by atoms with E-state index in [9.17, 15) is 0 Å². The van der Waals surface area contributed by atoms with Crippen LogP contribution in [-0.4, -0.2) is 22.8 Å². The van der Waals surface area contributed by atoms with Crippen LogP contribution in [0.3, 0.4) is 0 Å². The highest BCUT2D eigenvalue weighted by Gasteiger charge is 2.26. The highest BCUT2D eigenvalue weighted by Crippen LogP contribution is 2.28. The Morgan fingerprint density at radius 3 is 2.33 bits per heavy atom. The van der Waals surface area contributed by atoms with Gasteiger partial charge in [-0.15, -0.1) is 0 Å². The molecular weight excluding hydrogens is 286 g/mol. The summed E-state index contributed by atoms with van der Waals surface area (Å²) in [6.45, 7) is 5.43. The van der Waals surface area contributed by atoms with Gasteiger partial charge in [0, 0.05) is 17.4 Å². The molecule has 0 radical (unpaired) electrons. The first-order valence-electron chi connectivity index (χ1n) is 6.98.